The first-order chi connectivity index (χ1) is 16.7. The van der Waals surface area contributed by atoms with Crippen molar-refractivity contribution in [2.24, 2.45) is 0 Å². The largest absolute Gasteiger partial charge is 0.372 e. The number of carbonyl (C=O) groups is 2. The molecule has 0 spiro atoms. The summed E-state index contributed by atoms with van der Waals surface area (Å²) in [6.45, 7) is 14.1. The summed E-state index contributed by atoms with van der Waals surface area (Å²) in [6, 6.07) is 19.5. The molecule has 0 bridgehead atoms. The number of benzene rings is 3. The van der Waals surface area contributed by atoms with Gasteiger partial charge in [-0.1, -0.05) is 24.3 Å². The van der Waals surface area contributed by atoms with Crippen LogP contribution in [0.5, 0.6) is 0 Å². The van der Waals surface area contributed by atoms with Crippen LogP contribution >= 0.6 is 0 Å². The molecule has 180 valence electrons. The van der Waals surface area contributed by atoms with Gasteiger partial charge in [0.2, 0.25) is 0 Å². The van der Waals surface area contributed by atoms with E-state index in [-0.39, 0.29) is 11.8 Å². The molecule has 0 atom stereocenters. The second kappa shape index (κ2) is 9.79. The molecular weight excluding hydrogens is 434 g/mol. The van der Waals surface area contributed by atoms with Crippen molar-refractivity contribution in [3.05, 3.63) is 94.2 Å². The molecule has 3 aromatic rings. The number of imide groups is 1. The van der Waals surface area contributed by atoms with E-state index in [1.807, 2.05) is 88.4 Å². The van der Waals surface area contributed by atoms with Crippen molar-refractivity contribution >= 4 is 34.4 Å². The molecule has 0 aliphatic carbocycles. The van der Waals surface area contributed by atoms with Crippen LogP contribution in [0.4, 0.5) is 17.1 Å². The minimum atomic E-state index is -0.348. The molecule has 1 aliphatic heterocycles. The van der Waals surface area contributed by atoms with E-state index in [0.717, 1.165) is 52.3 Å². The van der Waals surface area contributed by atoms with E-state index in [4.69, 9.17) is 0 Å². The maximum absolute atomic E-state index is 13.7. The van der Waals surface area contributed by atoms with Crippen LogP contribution in [-0.4, -0.2) is 24.9 Å². The van der Waals surface area contributed by atoms with Gasteiger partial charge < -0.3 is 10.2 Å². The molecule has 1 N–H and O–H groups in total. The summed E-state index contributed by atoms with van der Waals surface area (Å²) in [4.78, 5) is 31.0. The van der Waals surface area contributed by atoms with Crippen molar-refractivity contribution in [1.29, 1.82) is 0 Å². The first kappa shape index (κ1) is 24.3. The zero-order chi connectivity index (χ0) is 25.3. The molecule has 4 rings (SSSR count). The predicted molar refractivity (Wildman–Crippen MR) is 145 cm³/mol. The Balaban J connectivity index is 1.78. The van der Waals surface area contributed by atoms with Crippen LogP contribution in [0, 0.1) is 27.7 Å². The van der Waals surface area contributed by atoms with Crippen LogP contribution in [0.15, 0.2) is 66.4 Å². The van der Waals surface area contributed by atoms with Crippen molar-refractivity contribution < 1.29 is 9.59 Å². The van der Waals surface area contributed by atoms with Gasteiger partial charge in [-0.15, -0.1) is 0 Å². The van der Waals surface area contributed by atoms with Gasteiger partial charge in [0.1, 0.15) is 5.70 Å². The third kappa shape index (κ3) is 4.59. The quantitative estimate of drug-likeness (QED) is 0.423. The van der Waals surface area contributed by atoms with Crippen LogP contribution in [-0.2, 0) is 9.59 Å². The first-order valence-corrected chi connectivity index (χ1v) is 12.1. The van der Waals surface area contributed by atoms with Gasteiger partial charge in [0.25, 0.3) is 11.8 Å². The topological polar surface area (TPSA) is 52.7 Å². The molecule has 5 nitrogen and oxygen atoms in total. The van der Waals surface area contributed by atoms with E-state index < -0.39 is 0 Å². The lowest BCUT2D eigenvalue weighted by Crippen LogP contribution is -2.32. The Labute approximate surface area is 208 Å². The zero-order valence-corrected chi connectivity index (χ0v) is 21.4. The van der Waals surface area contributed by atoms with E-state index in [1.54, 1.807) is 0 Å². The number of hydrogen-bond donors (Lipinski definition) is 1. The summed E-state index contributed by atoms with van der Waals surface area (Å²) in [5.74, 6) is -0.664. The van der Waals surface area contributed by atoms with Gasteiger partial charge >= 0.3 is 0 Å². The highest BCUT2D eigenvalue weighted by atomic mass is 16.2. The van der Waals surface area contributed by atoms with Gasteiger partial charge in [0.15, 0.2) is 0 Å². The SMILES string of the molecule is CCN(CC)c1ccc(NC2=C(c3ccc(C)c(C)c3)C(=O)N(c3ccc(C)c(C)c3)C2=O)cc1. The predicted octanol–water partition coefficient (Wildman–Crippen LogP) is 6.16. The van der Waals surface area contributed by atoms with E-state index >= 15 is 0 Å². The molecule has 0 saturated heterocycles. The Morgan fingerprint density at radius 3 is 1.89 bits per heavy atom. The first-order valence-electron chi connectivity index (χ1n) is 12.1. The summed E-state index contributed by atoms with van der Waals surface area (Å²) >= 11 is 0. The highest BCUT2D eigenvalue weighted by molar-refractivity contribution is 6.46. The minimum Gasteiger partial charge on any atom is -0.372 e. The van der Waals surface area contributed by atoms with Crippen LogP contribution < -0.4 is 15.1 Å². The normalized spacial score (nSPS) is 13.6. The molecule has 5 heteroatoms. The molecule has 0 fully saturated rings. The molecule has 0 saturated carbocycles. The number of amides is 2. The van der Waals surface area contributed by atoms with Gasteiger partial charge in [-0.05, 0) is 106 Å². The smallest absolute Gasteiger partial charge is 0.282 e. The van der Waals surface area contributed by atoms with Crippen LogP contribution in [0.3, 0.4) is 0 Å². The summed E-state index contributed by atoms with van der Waals surface area (Å²) in [5.41, 5.74) is 8.25. The third-order valence-corrected chi connectivity index (χ3v) is 6.89. The Hall–Kier alpha value is -3.86. The molecule has 0 aromatic heterocycles. The fourth-order valence-electron chi connectivity index (χ4n) is 4.40. The highest BCUT2D eigenvalue weighted by Crippen LogP contribution is 2.35. The van der Waals surface area contributed by atoms with Crippen molar-refractivity contribution in [1.82, 2.24) is 0 Å². The Morgan fingerprint density at radius 1 is 0.714 bits per heavy atom. The Morgan fingerprint density at radius 2 is 1.31 bits per heavy atom. The summed E-state index contributed by atoms with van der Waals surface area (Å²) in [6.07, 6.45) is 0. The van der Waals surface area contributed by atoms with Crippen LogP contribution in [0.1, 0.15) is 41.7 Å². The number of anilines is 3. The molecule has 1 aliphatic rings. The molecule has 1 heterocycles. The second-order valence-electron chi connectivity index (χ2n) is 9.11. The Kier molecular flexibility index (Phi) is 6.79. The van der Waals surface area contributed by atoms with E-state index in [1.165, 1.54) is 4.90 Å². The number of nitrogens with zero attached hydrogens (tertiary/aromatic N) is 2. The van der Waals surface area contributed by atoms with Crippen molar-refractivity contribution in [2.75, 3.05) is 28.2 Å². The highest BCUT2D eigenvalue weighted by Gasteiger charge is 2.40. The summed E-state index contributed by atoms with van der Waals surface area (Å²) < 4.78 is 0. The van der Waals surface area contributed by atoms with E-state index in [0.29, 0.717) is 17.0 Å². The van der Waals surface area contributed by atoms with Crippen LogP contribution in [0.25, 0.3) is 5.57 Å². The molecule has 0 radical (unpaired) electrons. The molecule has 0 unspecified atom stereocenters. The van der Waals surface area contributed by atoms with Crippen LogP contribution in [0.2, 0.25) is 0 Å². The fourth-order valence-corrected chi connectivity index (χ4v) is 4.40. The van der Waals surface area contributed by atoms with Gasteiger partial charge in [0.05, 0.1) is 11.3 Å². The monoisotopic (exact) mass is 467 g/mol. The second-order valence-corrected chi connectivity index (χ2v) is 9.11. The fraction of sp³-hybridized carbons (Fsp3) is 0.267. The molecule has 35 heavy (non-hydrogen) atoms. The Bertz CT molecular complexity index is 1320. The molecule has 3 aromatic carbocycles. The average Bonchev–Trinajstić information content (AvgIpc) is 3.08. The third-order valence-electron chi connectivity index (χ3n) is 6.89. The lowest BCUT2D eigenvalue weighted by atomic mass is 9.99. The van der Waals surface area contributed by atoms with Gasteiger partial charge in [0, 0.05) is 24.5 Å². The maximum atomic E-state index is 13.7. The number of aryl methyl sites for hydroxylation is 4. The minimum absolute atomic E-state index is 0.298. The average molecular weight is 468 g/mol. The number of hydrogen-bond acceptors (Lipinski definition) is 4. The lowest BCUT2D eigenvalue weighted by Gasteiger charge is -2.21. The van der Waals surface area contributed by atoms with E-state index in [2.05, 4.69) is 24.1 Å². The number of nitrogens with one attached hydrogen (secondary N) is 1. The number of rotatable bonds is 7. The van der Waals surface area contributed by atoms with Crippen molar-refractivity contribution in [3.63, 3.8) is 0 Å². The molecule has 2 amide bonds. The lowest BCUT2D eigenvalue weighted by molar-refractivity contribution is -0.120. The molecular formula is C30H33N3O2. The van der Waals surface area contributed by atoms with Crippen molar-refractivity contribution in [3.8, 4) is 0 Å². The summed E-state index contributed by atoms with van der Waals surface area (Å²) in [5, 5.41) is 3.28. The van der Waals surface area contributed by atoms with Gasteiger partial charge in [-0.25, -0.2) is 4.90 Å². The van der Waals surface area contributed by atoms with Gasteiger partial charge in [-0.2, -0.15) is 0 Å². The summed E-state index contributed by atoms with van der Waals surface area (Å²) in [7, 11) is 0. The standard InChI is InChI=1S/C30H33N3O2/c1-7-32(8-2)25-15-12-24(13-16-25)31-28-27(23-11-9-19(3)21(5)17-23)29(34)33(30(28)35)26-14-10-20(4)22(6)18-26/h9-18,31H,7-8H2,1-6H3. The van der Waals surface area contributed by atoms with Gasteiger partial charge in [-0.3, -0.25) is 9.59 Å². The van der Waals surface area contributed by atoms with E-state index in [9.17, 15) is 9.59 Å². The maximum Gasteiger partial charge on any atom is 0.282 e. The zero-order valence-electron chi connectivity index (χ0n) is 21.4. The van der Waals surface area contributed by atoms with Crippen molar-refractivity contribution in [2.45, 2.75) is 41.5 Å². The number of carbonyl (C=O) groups excluding carboxylic acids is 2.